The minimum absolute atomic E-state index is 0.668. The number of benzene rings is 2. The predicted molar refractivity (Wildman–Crippen MR) is 76.5 cm³/mol. The Morgan fingerprint density at radius 2 is 1.95 bits per heavy atom. The fourth-order valence-electron chi connectivity index (χ4n) is 1.80. The molecule has 3 aromatic rings. The molecule has 1 N–H and O–H groups in total. The molecule has 0 aliphatic carbocycles. The summed E-state index contributed by atoms with van der Waals surface area (Å²) in [6.07, 6.45) is 0. The van der Waals surface area contributed by atoms with Crippen molar-refractivity contribution in [2.45, 2.75) is 4.90 Å². The third-order valence-electron chi connectivity index (χ3n) is 2.69. The molecule has 1 aromatic heterocycles. The standard InChI is InChI=1S/C14H12N2O2S/c1-17-11-8-5-9-12-13(11)14(15-18-12)16-19-10-6-3-2-4-7-10/h2-9H,1H3,(H,15,16). The first-order chi connectivity index (χ1) is 9.38. The molecule has 2 aromatic carbocycles. The molecule has 5 heteroatoms. The van der Waals surface area contributed by atoms with Gasteiger partial charge in [0.2, 0.25) is 0 Å². The van der Waals surface area contributed by atoms with Gasteiger partial charge in [-0.1, -0.05) is 29.4 Å². The first-order valence-electron chi connectivity index (χ1n) is 5.79. The lowest BCUT2D eigenvalue weighted by Crippen LogP contribution is -1.89. The number of anilines is 1. The molecule has 0 saturated heterocycles. The molecule has 0 saturated carbocycles. The monoisotopic (exact) mass is 272 g/mol. The SMILES string of the molecule is COc1cccc2onc(NSc3ccccc3)c12. The van der Waals surface area contributed by atoms with E-state index < -0.39 is 0 Å². The van der Waals surface area contributed by atoms with Crippen molar-refractivity contribution >= 4 is 28.7 Å². The van der Waals surface area contributed by atoms with E-state index in [4.69, 9.17) is 9.26 Å². The Morgan fingerprint density at radius 3 is 2.74 bits per heavy atom. The molecule has 19 heavy (non-hydrogen) atoms. The largest absolute Gasteiger partial charge is 0.496 e. The maximum Gasteiger partial charge on any atom is 0.191 e. The number of nitrogens with one attached hydrogen (secondary N) is 1. The van der Waals surface area contributed by atoms with Crippen molar-refractivity contribution in [2.75, 3.05) is 11.8 Å². The molecule has 0 aliphatic rings. The van der Waals surface area contributed by atoms with Crippen LogP contribution in [0.4, 0.5) is 5.82 Å². The highest BCUT2D eigenvalue weighted by molar-refractivity contribution is 8.00. The highest BCUT2D eigenvalue weighted by Crippen LogP contribution is 2.34. The van der Waals surface area contributed by atoms with Gasteiger partial charge in [0.05, 0.1) is 7.11 Å². The molecule has 0 bridgehead atoms. The maximum atomic E-state index is 5.33. The van der Waals surface area contributed by atoms with Gasteiger partial charge in [-0.25, -0.2) is 0 Å². The van der Waals surface area contributed by atoms with E-state index in [9.17, 15) is 0 Å². The van der Waals surface area contributed by atoms with Gasteiger partial charge in [-0.05, 0) is 36.2 Å². The van der Waals surface area contributed by atoms with Crippen LogP contribution in [0.5, 0.6) is 5.75 Å². The number of fused-ring (bicyclic) bond motifs is 1. The van der Waals surface area contributed by atoms with Gasteiger partial charge in [0.25, 0.3) is 0 Å². The van der Waals surface area contributed by atoms with Gasteiger partial charge in [0, 0.05) is 4.90 Å². The van der Waals surface area contributed by atoms with Crippen LogP contribution in [0.25, 0.3) is 11.0 Å². The van der Waals surface area contributed by atoms with Crippen LogP contribution < -0.4 is 9.46 Å². The lowest BCUT2D eigenvalue weighted by Gasteiger charge is -2.04. The topological polar surface area (TPSA) is 47.3 Å². The molecule has 0 spiro atoms. The van der Waals surface area contributed by atoms with E-state index in [1.165, 1.54) is 11.9 Å². The molecule has 3 rings (SSSR count). The fourth-order valence-corrected chi connectivity index (χ4v) is 2.44. The highest BCUT2D eigenvalue weighted by Gasteiger charge is 2.12. The molecular weight excluding hydrogens is 260 g/mol. The van der Waals surface area contributed by atoms with Gasteiger partial charge in [0.15, 0.2) is 11.4 Å². The quantitative estimate of drug-likeness (QED) is 0.728. The molecule has 0 atom stereocenters. The van der Waals surface area contributed by atoms with E-state index in [1.54, 1.807) is 7.11 Å². The summed E-state index contributed by atoms with van der Waals surface area (Å²) in [4.78, 5) is 1.11. The van der Waals surface area contributed by atoms with E-state index in [-0.39, 0.29) is 0 Å². The number of hydrogen-bond acceptors (Lipinski definition) is 5. The smallest absolute Gasteiger partial charge is 0.191 e. The van der Waals surface area contributed by atoms with Gasteiger partial charge in [-0.2, -0.15) is 0 Å². The Balaban J connectivity index is 1.89. The van der Waals surface area contributed by atoms with E-state index in [0.717, 1.165) is 16.0 Å². The summed E-state index contributed by atoms with van der Waals surface area (Å²) in [6, 6.07) is 15.6. The van der Waals surface area contributed by atoms with Crippen LogP contribution in [-0.4, -0.2) is 12.3 Å². The molecule has 96 valence electrons. The van der Waals surface area contributed by atoms with E-state index in [0.29, 0.717) is 11.4 Å². The second-order valence-electron chi connectivity index (χ2n) is 3.88. The van der Waals surface area contributed by atoms with Crippen LogP contribution in [0.15, 0.2) is 57.9 Å². The summed E-state index contributed by atoms with van der Waals surface area (Å²) >= 11 is 1.48. The number of rotatable bonds is 4. The summed E-state index contributed by atoms with van der Waals surface area (Å²) in [5, 5.41) is 4.89. The Bertz CT molecular complexity index is 682. The van der Waals surface area contributed by atoms with Crippen LogP contribution in [0.1, 0.15) is 0 Å². The normalized spacial score (nSPS) is 10.6. The Kier molecular flexibility index (Phi) is 3.29. The Hall–Kier alpha value is -2.14. The summed E-state index contributed by atoms with van der Waals surface area (Å²) in [6.45, 7) is 0. The molecule has 0 radical (unpaired) electrons. The summed E-state index contributed by atoms with van der Waals surface area (Å²) < 4.78 is 13.8. The summed E-state index contributed by atoms with van der Waals surface area (Å²) in [5.74, 6) is 1.41. The minimum atomic E-state index is 0.668. The summed E-state index contributed by atoms with van der Waals surface area (Å²) in [5.41, 5.74) is 0.704. The van der Waals surface area contributed by atoms with Crippen molar-refractivity contribution in [3.05, 3.63) is 48.5 Å². The zero-order valence-corrected chi connectivity index (χ0v) is 11.1. The highest BCUT2D eigenvalue weighted by atomic mass is 32.2. The molecular formula is C14H12N2O2S. The first kappa shape index (κ1) is 11.9. The van der Waals surface area contributed by atoms with Gasteiger partial charge in [-0.3, -0.25) is 0 Å². The van der Waals surface area contributed by atoms with Gasteiger partial charge in [0.1, 0.15) is 11.1 Å². The van der Waals surface area contributed by atoms with Crippen LogP contribution in [-0.2, 0) is 0 Å². The molecule has 0 aliphatic heterocycles. The number of aromatic nitrogens is 1. The van der Waals surface area contributed by atoms with Crippen LogP contribution in [0, 0.1) is 0 Å². The second-order valence-corrected chi connectivity index (χ2v) is 4.76. The van der Waals surface area contributed by atoms with Crippen molar-refractivity contribution in [2.24, 2.45) is 0 Å². The molecule has 0 fully saturated rings. The van der Waals surface area contributed by atoms with E-state index in [2.05, 4.69) is 9.88 Å². The van der Waals surface area contributed by atoms with Gasteiger partial charge >= 0.3 is 0 Å². The Morgan fingerprint density at radius 1 is 1.11 bits per heavy atom. The fraction of sp³-hybridized carbons (Fsp3) is 0.0714. The predicted octanol–water partition coefficient (Wildman–Crippen LogP) is 3.96. The maximum absolute atomic E-state index is 5.33. The van der Waals surface area contributed by atoms with Gasteiger partial charge in [-0.15, -0.1) is 0 Å². The summed E-state index contributed by atoms with van der Waals surface area (Å²) in [7, 11) is 1.63. The minimum Gasteiger partial charge on any atom is -0.496 e. The third-order valence-corrected chi connectivity index (χ3v) is 3.49. The van der Waals surface area contributed by atoms with Crippen molar-refractivity contribution in [3.8, 4) is 5.75 Å². The van der Waals surface area contributed by atoms with Crippen molar-refractivity contribution in [3.63, 3.8) is 0 Å². The van der Waals surface area contributed by atoms with E-state index >= 15 is 0 Å². The second kappa shape index (κ2) is 5.24. The molecule has 1 heterocycles. The average Bonchev–Trinajstić information content (AvgIpc) is 2.89. The van der Waals surface area contributed by atoms with Crippen LogP contribution in [0.2, 0.25) is 0 Å². The van der Waals surface area contributed by atoms with Crippen molar-refractivity contribution in [1.82, 2.24) is 5.16 Å². The zero-order valence-electron chi connectivity index (χ0n) is 10.3. The number of nitrogens with zero attached hydrogens (tertiary/aromatic N) is 1. The molecule has 0 amide bonds. The third kappa shape index (κ3) is 2.37. The van der Waals surface area contributed by atoms with Crippen molar-refractivity contribution < 1.29 is 9.26 Å². The number of hydrogen-bond donors (Lipinski definition) is 1. The number of methoxy groups -OCH3 is 1. The lowest BCUT2D eigenvalue weighted by atomic mass is 10.2. The van der Waals surface area contributed by atoms with Crippen LogP contribution in [0.3, 0.4) is 0 Å². The van der Waals surface area contributed by atoms with Crippen LogP contribution >= 0.6 is 11.9 Å². The number of ether oxygens (including phenoxy) is 1. The van der Waals surface area contributed by atoms with Crippen molar-refractivity contribution in [1.29, 1.82) is 0 Å². The molecule has 4 nitrogen and oxygen atoms in total. The van der Waals surface area contributed by atoms with E-state index in [1.807, 2.05) is 48.5 Å². The van der Waals surface area contributed by atoms with Gasteiger partial charge < -0.3 is 14.0 Å². The average molecular weight is 272 g/mol. The molecule has 0 unspecified atom stereocenters. The Labute approximate surface area is 114 Å². The zero-order chi connectivity index (χ0) is 13.1. The lowest BCUT2D eigenvalue weighted by molar-refractivity contribution is 0.419. The first-order valence-corrected chi connectivity index (χ1v) is 6.60.